The Morgan fingerprint density at radius 1 is 1.43 bits per heavy atom. The van der Waals surface area contributed by atoms with Gasteiger partial charge in [0.05, 0.1) is 0 Å². The van der Waals surface area contributed by atoms with E-state index in [1.807, 2.05) is 31.3 Å². The smallest absolute Gasteiger partial charge is 0.0453 e. The summed E-state index contributed by atoms with van der Waals surface area (Å²) in [5.74, 6) is 0. The Labute approximate surface area is 94.7 Å². The summed E-state index contributed by atoms with van der Waals surface area (Å²) in [5.41, 5.74) is 0.968. The summed E-state index contributed by atoms with van der Waals surface area (Å²) >= 11 is 12.1. The van der Waals surface area contributed by atoms with Gasteiger partial charge >= 0.3 is 0 Å². The highest BCUT2D eigenvalue weighted by Crippen LogP contribution is 2.25. The third-order valence-electron chi connectivity index (χ3n) is 2.14. The molecule has 1 atom stereocenters. The fourth-order valence-corrected chi connectivity index (χ4v) is 1.80. The van der Waals surface area contributed by atoms with E-state index in [2.05, 4.69) is 11.9 Å². The maximum absolute atomic E-state index is 6.04. The highest BCUT2D eigenvalue weighted by molar-refractivity contribution is 6.36. The molecule has 0 spiro atoms. The highest BCUT2D eigenvalue weighted by atomic mass is 35.5. The third kappa shape index (κ3) is 2.74. The monoisotopic (exact) mass is 229 g/mol. The second-order valence-corrected chi connectivity index (χ2v) is 3.85. The summed E-state index contributed by atoms with van der Waals surface area (Å²) in [5, 5.41) is 4.54. The zero-order valence-electron chi connectivity index (χ0n) is 8.06. The van der Waals surface area contributed by atoms with Crippen LogP contribution in [0.1, 0.15) is 5.56 Å². The molecule has 0 amide bonds. The molecule has 0 aliphatic carbocycles. The Morgan fingerprint density at radius 2 is 2.00 bits per heavy atom. The SMILES string of the molecule is C=CC(Cc1c(Cl)cccc1Cl)NC. The van der Waals surface area contributed by atoms with Gasteiger partial charge in [0, 0.05) is 16.1 Å². The number of rotatable bonds is 4. The van der Waals surface area contributed by atoms with Crippen LogP contribution in [0.2, 0.25) is 10.0 Å². The van der Waals surface area contributed by atoms with E-state index in [1.54, 1.807) is 0 Å². The maximum atomic E-state index is 6.04. The zero-order chi connectivity index (χ0) is 10.6. The summed E-state index contributed by atoms with van der Waals surface area (Å²) in [6, 6.07) is 5.74. The van der Waals surface area contributed by atoms with Crippen molar-refractivity contribution in [2.24, 2.45) is 0 Å². The fraction of sp³-hybridized carbons (Fsp3) is 0.273. The second-order valence-electron chi connectivity index (χ2n) is 3.04. The number of hydrogen-bond donors (Lipinski definition) is 1. The molecule has 1 nitrogen and oxygen atoms in total. The Balaban J connectivity index is 2.89. The Morgan fingerprint density at radius 3 is 2.43 bits per heavy atom. The van der Waals surface area contributed by atoms with Crippen molar-refractivity contribution in [2.45, 2.75) is 12.5 Å². The lowest BCUT2D eigenvalue weighted by molar-refractivity contribution is 0.665. The Bertz CT molecular complexity index is 303. The van der Waals surface area contributed by atoms with Crippen LogP contribution in [0.3, 0.4) is 0 Å². The van der Waals surface area contributed by atoms with Gasteiger partial charge in [0.25, 0.3) is 0 Å². The summed E-state index contributed by atoms with van der Waals surface area (Å²) in [7, 11) is 1.89. The molecule has 0 heterocycles. The lowest BCUT2D eigenvalue weighted by atomic mass is 10.1. The minimum atomic E-state index is 0.201. The standard InChI is InChI=1S/C11H13Cl2N/c1-3-8(14-2)7-9-10(12)5-4-6-11(9)13/h3-6,8,14H,1,7H2,2H3. The van der Waals surface area contributed by atoms with Crippen molar-refractivity contribution < 1.29 is 0 Å². The van der Waals surface area contributed by atoms with Crippen molar-refractivity contribution in [3.63, 3.8) is 0 Å². The van der Waals surface area contributed by atoms with E-state index < -0.39 is 0 Å². The van der Waals surface area contributed by atoms with Crippen LogP contribution in [0.5, 0.6) is 0 Å². The molecule has 0 saturated carbocycles. The molecular formula is C11H13Cl2N. The normalized spacial score (nSPS) is 12.5. The van der Waals surface area contributed by atoms with E-state index in [0.717, 1.165) is 12.0 Å². The molecule has 1 aromatic rings. The summed E-state index contributed by atoms with van der Waals surface area (Å²) in [4.78, 5) is 0. The highest BCUT2D eigenvalue weighted by Gasteiger charge is 2.09. The number of hydrogen-bond acceptors (Lipinski definition) is 1. The molecular weight excluding hydrogens is 217 g/mol. The molecule has 0 aliphatic rings. The first-order valence-corrected chi connectivity index (χ1v) is 5.17. The van der Waals surface area contributed by atoms with Gasteiger partial charge in [-0.15, -0.1) is 6.58 Å². The van der Waals surface area contributed by atoms with Gasteiger partial charge < -0.3 is 5.32 Å². The van der Waals surface area contributed by atoms with E-state index in [4.69, 9.17) is 23.2 Å². The minimum absolute atomic E-state index is 0.201. The van der Waals surface area contributed by atoms with Gasteiger partial charge in [0.15, 0.2) is 0 Å². The largest absolute Gasteiger partial charge is 0.313 e. The number of nitrogens with one attached hydrogen (secondary N) is 1. The summed E-state index contributed by atoms with van der Waals surface area (Å²) < 4.78 is 0. The Hall–Kier alpha value is -0.500. The van der Waals surface area contributed by atoms with E-state index in [0.29, 0.717) is 10.0 Å². The molecule has 1 rings (SSSR count). The first-order valence-electron chi connectivity index (χ1n) is 4.41. The quantitative estimate of drug-likeness (QED) is 0.782. The molecule has 0 radical (unpaired) electrons. The first-order chi connectivity index (χ1) is 6.69. The molecule has 1 N–H and O–H groups in total. The van der Waals surface area contributed by atoms with Gasteiger partial charge in [-0.1, -0.05) is 35.3 Å². The summed E-state index contributed by atoms with van der Waals surface area (Å²) in [6.45, 7) is 3.74. The van der Waals surface area contributed by atoms with Gasteiger partial charge in [-0.05, 0) is 31.2 Å². The second kappa shape index (κ2) is 5.40. The van der Waals surface area contributed by atoms with Crippen LogP contribution in [0.15, 0.2) is 30.9 Å². The fourth-order valence-electron chi connectivity index (χ4n) is 1.25. The topological polar surface area (TPSA) is 12.0 Å². The minimum Gasteiger partial charge on any atom is -0.313 e. The number of likely N-dealkylation sites (N-methyl/N-ethyl adjacent to an activating group) is 1. The van der Waals surface area contributed by atoms with Crippen molar-refractivity contribution in [2.75, 3.05) is 7.05 Å². The Kier molecular flexibility index (Phi) is 4.46. The molecule has 0 aromatic heterocycles. The van der Waals surface area contributed by atoms with Crippen molar-refractivity contribution in [1.82, 2.24) is 5.32 Å². The van der Waals surface area contributed by atoms with Crippen molar-refractivity contribution in [3.05, 3.63) is 46.5 Å². The van der Waals surface area contributed by atoms with Gasteiger partial charge in [0.2, 0.25) is 0 Å². The molecule has 0 bridgehead atoms. The van der Waals surface area contributed by atoms with Crippen molar-refractivity contribution in [3.8, 4) is 0 Å². The molecule has 0 aliphatic heterocycles. The lowest BCUT2D eigenvalue weighted by Gasteiger charge is -2.13. The molecule has 76 valence electrons. The van der Waals surface area contributed by atoms with E-state index in [-0.39, 0.29) is 6.04 Å². The maximum Gasteiger partial charge on any atom is 0.0453 e. The van der Waals surface area contributed by atoms with Crippen LogP contribution < -0.4 is 5.32 Å². The van der Waals surface area contributed by atoms with E-state index >= 15 is 0 Å². The summed E-state index contributed by atoms with van der Waals surface area (Å²) in [6.07, 6.45) is 2.61. The predicted octanol–water partition coefficient (Wildman–Crippen LogP) is 3.31. The van der Waals surface area contributed by atoms with Crippen LogP contribution in [-0.2, 0) is 6.42 Å². The van der Waals surface area contributed by atoms with Gasteiger partial charge in [0.1, 0.15) is 0 Å². The molecule has 0 saturated heterocycles. The van der Waals surface area contributed by atoms with Crippen LogP contribution in [-0.4, -0.2) is 13.1 Å². The van der Waals surface area contributed by atoms with Crippen LogP contribution >= 0.6 is 23.2 Å². The van der Waals surface area contributed by atoms with Crippen molar-refractivity contribution in [1.29, 1.82) is 0 Å². The number of halogens is 2. The molecule has 1 unspecified atom stereocenters. The third-order valence-corrected chi connectivity index (χ3v) is 2.85. The zero-order valence-corrected chi connectivity index (χ0v) is 9.57. The molecule has 14 heavy (non-hydrogen) atoms. The van der Waals surface area contributed by atoms with Crippen LogP contribution in [0.25, 0.3) is 0 Å². The average molecular weight is 230 g/mol. The van der Waals surface area contributed by atoms with Crippen molar-refractivity contribution >= 4 is 23.2 Å². The average Bonchev–Trinajstić information content (AvgIpc) is 2.18. The lowest BCUT2D eigenvalue weighted by Crippen LogP contribution is -2.25. The molecule has 0 fully saturated rings. The predicted molar refractivity (Wildman–Crippen MR) is 63.2 cm³/mol. The first kappa shape index (κ1) is 11.6. The molecule has 1 aromatic carbocycles. The van der Waals surface area contributed by atoms with E-state index in [1.165, 1.54) is 0 Å². The van der Waals surface area contributed by atoms with E-state index in [9.17, 15) is 0 Å². The molecule has 3 heteroatoms. The van der Waals surface area contributed by atoms with Crippen LogP contribution in [0, 0.1) is 0 Å². The van der Waals surface area contributed by atoms with Gasteiger partial charge in [-0.25, -0.2) is 0 Å². The van der Waals surface area contributed by atoms with Gasteiger partial charge in [-0.2, -0.15) is 0 Å². The number of benzene rings is 1. The van der Waals surface area contributed by atoms with Gasteiger partial charge in [-0.3, -0.25) is 0 Å². The van der Waals surface area contributed by atoms with Crippen LogP contribution in [0.4, 0.5) is 0 Å².